The lowest BCUT2D eigenvalue weighted by molar-refractivity contribution is -0.127. The number of hydrogen-bond acceptors (Lipinski definition) is 4. The Bertz CT molecular complexity index is 493. The van der Waals surface area contributed by atoms with E-state index < -0.39 is 6.10 Å². The lowest BCUT2D eigenvalue weighted by atomic mass is 10.2. The third-order valence-corrected chi connectivity index (χ3v) is 3.42. The average Bonchev–Trinajstić information content (AvgIpc) is 2.48. The second-order valence-corrected chi connectivity index (χ2v) is 5.25. The van der Waals surface area contributed by atoms with E-state index in [9.17, 15) is 4.79 Å². The van der Waals surface area contributed by atoms with Gasteiger partial charge in [-0.25, -0.2) is 0 Å². The Hall–Kier alpha value is -1.46. The van der Waals surface area contributed by atoms with Crippen LogP contribution in [0.15, 0.2) is 12.1 Å². The molecule has 0 aliphatic heterocycles. The quantitative estimate of drug-likeness (QED) is 0.811. The van der Waals surface area contributed by atoms with Crippen molar-refractivity contribution in [2.75, 3.05) is 7.11 Å². The molecule has 1 rings (SSSR count). The standard InChI is InChI=1S/C15H22ClNO4/c1-5-9(2)17-15(19)10(3)21-14-12(16)6-11(8-18)7-13(14)20-4/h6-7,9-10,18H,5,8H2,1-4H3,(H,17,19). The maximum Gasteiger partial charge on any atom is 0.260 e. The fraction of sp³-hybridized carbons (Fsp3) is 0.533. The van der Waals surface area contributed by atoms with Gasteiger partial charge in [0.25, 0.3) is 5.91 Å². The molecule has 0 aliphatic rings. The Balaban J connectivity index is 2.89. The van der Waals surface area contributed by atoms with Crippen LogP contribution in [0.1, 0.15) is 32.8 Å². The van der Waals surface area contributed by atoms with E-state index in [1.165, 1.54) is 7.11 Å². The minimum absolute atomic E-state index is 0.0812. The highest BCUT2D eigenvalue weighted by atomic mass is 35.5. The van der Waals surface area contributed by atoms with Gasteiger partial charge < -0.3 is 19.9 Å². The molecule has 2 unspecified atom stereocenters. The van der Waals surface area contributed by atoms with Gasteiger partial charge in [0.1, 0.15) is 0 Å². The molecule has 0 heterocycles. The molecule has 1 aromatic rings. The summed E-state index contributed by atoms with van der Waals surface area (Å²) in [5.74, 6) is 0.464. The summed E-state index contributed by atoms with van der Waals surface area (Å²) in [6.07, 6.45) is 0.138. The second kappa shape index (κ2) is 8.10. The van der Waals surface area contributed by atoms with Crippen LogP contribution >= 0.6 is 11.6 Å². The smallest absolute Gasteiger partial charge is 0.260 e. The van der Waals surface area contributed by atoms with Crippen molar-refractivity contribution < 1.29 is 19.4 Å². The van der Waals surface area contributed by atoms with Crippen LogP contribution in [0.2, 0.25) is 5.02 Å². The number of rotatable bonds is 7. The summed E-state index contributed by atoms with van der Waals surface area (Å²) in [6, 6.07) is 3.29. The van der Waals surface area contributed by atoms with Crippen molar-refractivity contribution in [1.29, 1.82) is 0 Å². The monoisotopic (exact) mass is 315 g/mol. The third kappa shape index (κ3) is 4.79. The maximum atomic E-state index is 12.0. The Labute approximate surface area is 130 Å². The number of hydrogen-bond donors (Lipinski definition) is 2. The minimum Gasteiger partial charge on any atom is -0.493 e. The number of halogens is 1. The van der Waals surface area contributed by atoms with Crippen LogP contribution in [0.5, 0.6) is 11.5 Å². The number of nitrogens with one attached hydrogen (secondary N) is 1. The van der Waals surface area contributed by atoms with Gasteiger partial charge >= 0.3 is 0 Å². The molecule has 0 radical (unpaired) electrons. The van der Waals surface area contributed by atoms with E-state index in [1.807, 2.05) is 13.8 Å². The van der Waals surface area contributed by atoms with Crippen molar-refractivity contribution >= 4 is 17.5 Å². The summed E-state index contributed by atoms with van der Waals surface area (Å²) in [6.45, 7) is 5.41. The first kappa shape index (κ1) is 17.6. The molecule has 2 atom stereocenters. The number of methoxy groups -OCH3 is 1. The molecule has 0 aromatic heterocycles. The Morgan fingerprint density at radius 3 is 2.62 bits per heavy atom. The van der Waals surface area contributed by atoms with Gasteiger partial charge in [-0.3, -0.25) is 4.79 Å². The molecule has 0 saturated carbocycles. The van der Waals surface area contributed by atoms with E-state index in [0.29, 0.717) is 22.1 Å². The van der Waals surface area contributed by atoms with E-state index in [2.05, 4.69) is 5.32 Å². The number of carbonyl (C=O) groups is 1. The molecule has 0 fully saturated rings. The zero-order valence-electron chi connectivity index (χ0n) is 12.8. The number of carbonyl (C=O) groups excluding carboxylic acids is 1. The van der Waals surface area contributed by atoms with Crippen LogP contribution in [0.3, 0.4) is 0 Å². The minimum atomic E-state index is -0.703. The Morgan fingerprint density at radius 2 is 2.10 bits per heavy atom. The van der Waals surface area contributed by atoms with Crippen molar-refractivity contribution in [2.24, 2.45) is 0 Å². The molecular formula is C15H22ClNO4. The van der Waals surface area contributed by atoms with Gasteiger partial charge in [-0.2, -0.15) is 0 Å². The number of ether oxygens (including phenoxy) is 2. The molecule has 118 valence electrons. The van der Waals surface area contributed by atoms with Crippen molar-refractivity contribution in [3.05, 3.63) is 22.7 Å². The molecule has 21 heavy (non-hydrogen) atoms. The summed E-state index contributed by atoms with van der Waals surface area (Å²) >= 11 is 6.13. The highest BCUT2D eigenvalue weighted by molar-refractivity contribution is 6.32. The number of amides is 1. The van der Waals surface area contributed by atoms with Crippen LogP contribution in [0.4, 0.5) is 0 Å². The summed E-state index contributed by atoms with van der Waals surface area (Å²) < 4.78 is 10.8. The number of aliphatic hydroxyl groups is 1. The highest BCUT2D eigenvalue weighted by Crippen LogP contribution is 2.37. The number of benzene rings is 1. The molecule has 2 N–H and O–H groups in total. The van der Waals surface area contributed by atoms with Gasteiger partial charge in [0.2, 0.25) is 0 Å². The molecule has 1 amide bonds. The predicted molar refractivity (Wildman–Crippen MR) is 81.9 cm³/mol. The number of aliphatic hydroxyl groups excluding tert-OH is 1. The predicted octanol–water partition coefficient (Wildman–Crippen LogP) is 2.52. The molecule has 1 aromatic carbocycles. The molecule has 0 aliphatic carbocycles. The Kier molecular flexibility index (Phi) is 6.78. The largest absolute Gasteiger partial charge is 0.493 e. The SMILES string of the molecule is CCC(C)NC(=O)C(C)Oc1c(Cl)cc(CO)cc1OC. The zero-order chi connectivity index (χ0) is 16.0. The van der Waals surface area contributed by atoms with Crippen molar-refractivity contribution in [3.8, 4) is 11.5 Å². The van der Waals surface area contributed by atoms with Gasteiger partial charge in [0, 0.05) is 6.04 Å². The van der Waals surface area contributed by atoms with E-state index in [1.54, 1.807) is 19.1 Å². The summed E-state index contributed by atoms with van der Waals surface area (Å²) in [7, 11) is 1.48. The van der Waals surface area contributed by atoms with E-state index in [0.717, 1.165) is 6.42 Å². The molecule has 0 spiro atoms. The van der Waals surface area contributed by atoms with Crippen LogP contribution in [-0.2, 0) is 11.4 Å². The van der Waals surface area contributed by atoms with Crippen LogP contribution in [0.25, 0.3) is 0 Å². The fourth-order valence-electron chi connectivity index (χ4n) is 1.67. The normalized spacial score (nSPS) is 13.4. The molecule has 6 heteroatoms. The first-order valence-corrected chi connectivity index (χ1v) is 7.25. The summed E-state index contributed by atoms with van der Waals surface area (Å²) in [5, 5.41) is 12.3. The van der Waals surface area contributed by atoms with Gasteiger partial charge in [-0.05, 0) is 38.0 Å². The zero-order valence-corrected chi connectivity index (χ0v) is 13.5. The maximum absolute atomic E-state index is 12.0. The first-order chi connectivity index (χ1) is 9.92. The summed E-state index contributed by atoms with van der Waals surface area (Å²) in [4.78, 5) is 12.0. The van der Waals surface area contributed by atoms with E-state index in [-0.39, 0.29) is 18.6 Å². The fourth-order valence-corrected chi connectivity index (χ4v) is 1.95. The molecule has 0 saturated heterocycles. The van der Waals surface area contributed by atoms with Gasteiger partial charge in [-0.1, -0.05) is 18.5 Å². The van der Waals surface area contributed by atoms with Gasteiger partial charge in [0.05, 0.1) is 18.7 Å². The van der Waals surface area contributed by atoms with Crippen molar-refractivity contribution in [2.45, 2.75) is 45.9 Å². The first-order valence-electron chi connectivity index (χ1n) is 6.87. The molecule has 5 nitrogen and oxygen atoms in total. The topological polar surface area (TPSA) is 67.8 Å². The summed E-state index contributed by atoms with van der Waals surface area (Å²) in [5.41, 5.74) is 0.612. The average molecular weight is 316 g/mol. The van der Waals surface area contributed by atoms with Crippen LogP contribution < -0.4 is 14.8 Å². The Morgan fingerprint density at radius 1 is 1.43 bits per heavy atom. The van der Waals surface area contributed by atoms with Crippen LogP contribution in [0, 0.1) is 0 Å². The van der Waals surface area contributed by atoms with E-state index >= 15 is 0 Å². The van der Waals surface area contributed by atoms with E-state index in [4.69, 9.17) is 26.2 Å². The van der Waals surface area contributed by atoms with Crippen molar-refractivity contribution in [3.63, 3.8) is 0 Å². The molecular weight excluding hydrogens is 294 g/mol. The van der Waals surface area contributed by atoms with Gasteiger partial charge in [0.15, 0.2) is 17.6 Å². The van der Waals surface area contributed by atoms with Crippen LogP contribution in [-0.4, -0.2) is 30.3 Å². The lowest BCUT2D eigenvalue weighted by Gasteiger charge is -2.20. The highest BCUT2D eigenvalue weighted by Gasteiger charge is 2.20. The molecule has 0 bridgehead atoms. The lowest BCUT2D eigenvalue weighted by Crippen LogP contribution is -2.41. The van der Waals surface area contributed by atoms with Crippen molar-refractivity contribution in [1.82, 2.24) is 5.32 Å². The second-order valence-electron chi connectivity index (χ2n) is 4.85. The van der Waals surface area contributed by atoms with Gasteiger partial charge in [-0.15, -0.1) is 0 Å². The third-order valence-electron chi connectivity index (χ3n) is 3.14.